The van der Waals surface area contributed by atoms with E-state index in [-0.39, 0.29) is 6.10 Å². The summed E-state index contributed by atoms with van der Waals surface area (Å²) in [6.45, 7) is 9.12. The highest BCUT2D eigenvalue weighted by atomic mass is 16.5. The van der Waals surface area contributed by atoms with Crippen molar-refractivity contribution in [1.82, 2.24) is 20.3 Å². The van der Waals surface area contributed by atoms with Crippen molar-refractivity contribution in [1.29, 1.82) is 0 Å². The molecular weight excluding hydrogens is 268 g/mol. The Bertz CT molecular complexity index is 389. The molecule has 120 valence electrons. The Morgan fingerprint density at radius 2 is 2.38 bits per heavy atom. The van der Waals surface area contributed by atoms with Gasteiger partial charge in [-0.2, -0.15) is 0 Å². The van der Waals surface area contributed by atoms with Crippen molar-refractivity contribution in [2.45, 2.75) is 52.3 Å². The van der Waals surface area contributed by atoms with E-state index in [9.17, 15) is 0 Å². The Kier molecular flexibility index (Phi) is 7.12. The number of nitrogens with zero attached hydrogens (tertiary/aromatic N) is 3. The third-order valence-electron chi connectivity index (χ3n) is 3.49. The molecule has 1 aromatic rings. The first-order valence-corrected chi connectivity index (χ1v) is 8.03. The summed E-state index contributed by atoms with van der Waals surface area (Å²) >= 11 is 0. The van der Waals surface area contributed by atoms with Crippen LogP contribution in [0.3, 0.4) is 0 Å². The molecule has 1 aliphatic rings. The minimum Gasteiger partial charge on any atom is -0.377 e. The Labute approximate surface area is 127 Å². The van der Waals surface area contributed by atoms with Gasteiger partial charge < -0.3 is 14.8 Å². The second-order valence-electron chi connectivity index (χ2n) is 6.06. The molecule has 0 spiro atoms. The van der Waals surface area contributed by atoms with Gasteiger partial charge >= 0.3 is 0 Å². The van der Waals surface area contributed by atoms with Gasteiger partial charge in [-0.3, -0.25) is 0 Å². The molecule has 1 aromatic heterocycles. The number of rotatable bonds is 9. The van der Waals surface area contributed by atoms with Gasteiger partial charge in [-0.1, -0.05) is 19.1 Å². The van der Waals surface area contributed by atoms with Crippen LogP contribution in [0.4, 0.5) is 0 Å². The average Bonchev–Trinajstić information content (AvgIpc) is 2.92. The summed E-state index contributed by atoms with van der Waals surface area (Å²) in [5.74, 6) is 0.649. The first-order valence-electron chi connectivity index (χ1n) is 8.03. The van der Waals surface area contributed by atoms with Gasteiger partial charge in [-0.25, -0.2) is 4.68 Å². The quantitative estimate of drug-likeness (QED) is 0.702. The van der Waals surface area contributed by atoms with E-state index < -0.39 is 0 Å². The molecule has 2 rings (SSSR count). The Balaban J connectivity index is 1.57. The fourth-order valence-corrected chi connectivity index (χ4v) is 2.33. The van der Waals surface area contributed by atoms with Gasteiger partial charge in [0.15, 0.2) is 0 Å². The maximum atomic E-state index is 5.67. The van der Waals surface area contributed by atoms with Crippen LogP contribution < -0.4 is 5.32 Å². The summed E-state index contributed by atoms with van der Waals surface area (Å²) in [4.78, 5) is 0. The summed E-state index contributed by atoms with van der Waals surface area (Å²) in [7, 11) is 0. The first-order chi connectivity index (χ1) is 10.2. The van der Waals surface area contributed by atoms with Crippen molar-refractivity contribution in [3.05, 3.63) is 11.9 Å². The van der Waals surface area contributed by atoms with Crippen LogP contribution in [0.1, 0.15) is 38.8 Å². The second kappa shape index (κ2) is 9.12. The molecular formula is C15H28N4O2. The highest BCUT2D eigenvalue weighted by Gasteiger charge is 2.13. The smallest absolute Gasteiger partial charge is 0.0964 e. The van der Waals surface area contributed by atoms with Crippen LogP contribution in [-0.4, -0.2) is 47.5 Å². The Morgan fingerprint density at radius 3 is 3.14 bits per heavy atom. The fraction of sp³-hybridized carbons (Fsp3) is 0.867. The third kappa shape index (κ3) is 6.54. The third-order valence-corrected chi connectivity index (χ3v) is 3.49. The van der Waals surface area contributed by atoms with Gasteiger partial charge in [0.2, 0.25) is 0 Å². The monoisotopic (exact) mass is 296 g/mol. The fourth-order valence-electron chi connectivity index (χ4n) is 2.33. The summed E-state index contributed by atoms with van der Waals surface area (Å²) in [5, 5.41) is 11.6. The van der Waals surface area contributed by atoms with E-state index >= 15 is 0 Å². The largest absolute Gasteiger partial charge is 0.377 e. The summed E-state index contributed by atoms with van der Waals surface area (Å²) in [6, 6.07) is 0. The van der Waals surface area contributed by atoms with Crippen molar-refractivity contribution in [3.8, 4) is 0 Å². The maximum absolute atomic E-state index is 5.67. The number of nitrogens with one attached hydrogen (secondary N) is 1. The van der Waals surface area contributed by atoms with Crippen LogP contribution in [0.15, 0.2) is 6.20 Å². The van der Waals surface area contributed by atoms with Crippen LogP contribution >= 0.6 is 0 Å². The normalized spacial score (nSPS) is 19.3. The van der Waals surface area contributed by atoms with Crippen molar-refractivity contribution in [3.63, 3.8) is 0 Å². The molecule has 6 nitrogen and oxygen atoms in total. The highest BCUT2D eigenvalue weighted by Crippen LogP contribution is 2.12. The van der Waals surface area contributed by atoms with Crippen LogP contribution in [0.25, 0.3) is 0 Å². The van der Waals surface area contributed by atoms with Crippen molar-refractivity contribution in [2.75, 3.05) is 26.4 Å². The van der Waals surface area contributed by atoms with E-state index in [1.807, 2.05) is 10.9 Å². The van der Waals surface area contributed by atoms with Gasteiger partial charge in [0.05, 0.1) is 31.6 Å². The zero-order valence-electron chi connectivity index (χ0n) is 13.3. The van der Waals surface area contributed by atoms with E-state index in [1.54, 1.807) is 0 Å². The Hall–Kier alpha value is -0.980. The molecule has 1 saturated heterocycles. The zero-order valence-corrected chi connectivity index (χ0v) is 13.3. The van der Waals surface area contributed by atoms with Crippen LogP contribution in [0.2, 0.25) is 0 Å². The molecule has 2 heterocycles. The van der Waals surface area contributed by atoms with Crippen LogP contribution in [0.5, 0.6) is 0 Å². The van der Waals surface area contributed by atoms with Crippen LogP contribution in [0, 0.1) is 5.92 Å². The van der Waals surface area contributed by atoms with Crippen molar-refractivity contribution >= 4 is 0 Å². The topological polar surface area (TPSA) is 61.2 Å². The molecule has 0 radical (unpaired) electrons. The standard InChI is InChI=1S/C15H28N4O2/c1-13(2)9-16-10-14-11-19(18-17-14)6-8-20-12-15-5-3-4-7-21-15/h11,13,15-16H,3-10,12H2,1-2H3. The molecule has 6 heteroatoms. The SMILES string of the molecule is CC(C)CNCc1cn(CCOCC2CCCCO2)nn1. The van der Waals surface area contributed by atoms with E-state index in [4.69, 9.17) is 9.47 Å². The molecule has 1 aliphatic heterocycles. The highest BCUT2D eigenvalue weighted by molar-refractivity contribution is 4.91. The van der Waals surface area contributed by atoms with Crippen molar-refractivity contribution < 1.29 is 9.47 Å². The first kappa shape index (κ1) is 16.4. The van der Waals surface area contributed by atoms with Crippen LogP contribution in [-0.2, 0) is 22.6 Å². The number of hydrogen-bond acceptors (Lipinski definition) is 5. The predicted molar refractivity (Wildman–Crippen MR) is 81.0 cm³/mol. The molecule has 0 bridgehead atoms. The number of aromatic nitrogens is 3. The van der Waals surface area contributed by atoms with Crippen molar-refractivity contribution in [2.24, 2.45) is 5.92 Å². The predicted octanol–water partition coefficient (Wildman–Crippen LogP) is 1.61. The average molecular weight is 296 g/mol. The van der Waals surface area contributed by atoms with Gasteiger partial charge in [0, 0.05) is 19.3 Å². The Morgan fingerprint density at radius 1 is 1.48 bits per heavy atom. The lowest BCUT2D eigenvalue weighted by Gasteiger charge is -2.22. The lowest BCUT2D eigenvalue weighted by molar-refractivity contribution is -0.0421. The van der Waals surface area contributed by atoms with E-state index in [0.29, 0.717) is 19.1 Å². The van der Waals surface area contributed by atoms with Gasteiger partial charge in [0.25, 0.3) is 0 Å². The number of ether oxygens (including phenoxy) is 2. The van der Waals surface area contributed by atoms with Gasteiger partial charge in [-0.05, 0) is 31.7 Å². The molecule has 1 N–H and O–H groups in total. The molecule has 0 amide bonds. The minimum atomic E-state index is 0.283. The lowest BCUT2D eigenvalue weighted by atomic mass is 10.1. The van der Waals surface area contributed by atoms with Gasteiger partial charge in [-0.15, -0.1) is 5.10 Å². The molecule has 1 atom stereocenters. The molecule has 1 unspecified atom stereocenters. The summed E-state index contributed by atoms with van der Waals surface area (Å²) in [5.41, 5.74) is 0.978. The molecule has 1 fully saturated rings. The van der Waals surface area contributed by atoms with E-state index in [1.165, 1.54) is 12.8 Å². The lowest BCUT2D eigenvalue weighted by Crippen LogP contribution is -2.25. The molecule has 0 aromatic carbocycles. The maximum Gasteiger partial charge on any atom is 0.0964 e. The molecule has 0 saturated carbocycles. The summed E-state index contributed by atoms with van der Waals surface area (Å²) in [6.07, 6.45) is 5.82. The van der Waals surface area contributed by atoms with Gasteiger partial charge in [0.1, 0.15) is 0 Å². The summed E-state index contributed by atoms with van der Waals surface area (Å²) < 4.78 is 13.1. The van der Waals surface area contributed by atoms with E-state index in [0.717, 1.165) is 38.4 Å². The minimum absolute atomic E-state index is 0.283. The van der Waals surface area contributed by atoms with E-state index in [2.05, 4.69) is 29.5 Å². The molecule has 21 heavy (non-hydrogen) atoms. The molecule has 0 aliphatic carbocycles. The second-order valence-corrected chi connectivity index (χ2v) is 6.06. The number of hydrogen-bond donors (Lipinski definition) is 1. The zero-order chi connectivity index (χ0) is 14.9.